The van der Waals surface area contributed by atoms with Crippen molar-refractivity contribution in [2.24, 2.45) is 11.8 Å². The van der Waals surface area contributed by atoms with Gasteiger partial charge in [0, 0.05) is 5.92 Å². The summed E-state index contributed by atoms with van der Waals surface area (Å²) >= 11 is 0. The lowest BCUT2D eigenvalue weighted by atomic mass is 9.64. The van der Waals surface area contributed by atoms with Crippen LogP contribution in [0, 0.1) is 11.8 Å². The van der Waals surface area contributed by atoms with Gasteiger partial charge in [0.1, 0.15) is 11.9 Å². The lowest BCUT2D eigenvalue weighted by molar-refractivity contribution is -0.167. The van der Waals surface area contributed by atoms with Gasteiger partial charge in [0.05, 0.1) is 6.26 Å². The molecular weight excluding hydrogens is 328 g/mol. The first-order chi connectivity index (χ1) is 12.4. The van der Waals surface area contributed by atoms with Crippen LogP contribution < -0.4 is 0 Å². The summed E-state index contributed by atoms with van der Waals surface area (Å²) < 4.78 is 11.0. The summed E-state index contributed by atoms with van der Waals surface area (Å²) in [7, 11) is 0. The normalized spacial score (nSPS) is 24.8. The van der Waals surface area contributed by atoms with Crippen molar-refractivity contribution in [3.05, 3.63) is 60.1 Å². The molecule has 3 rings (SSSR count). The molecule has 1 aliphatic carbocycles. The number of ether oxygens (including phenoxy) is 1. The number of aliphatic hydroxyl groups is 1. The number of rotatable bonds is 5. The zero-order valence-corrected chi connectivity index (χ0v) is 15.7. The zero-order valence-electron chi connectivity index (χ0n) is 15.7. The number of hydrogen-bond donors (Lipinski definition) is 1. The van der Waals surface area contributed by atoms with Crippen molar-refractivity contribution < 1.29 is 19.1 Å². The molecule has 0 spiro atoms. The molecule has 0 bridgehead atoms. The highest BCUT2D eigenvalue weighted by atomic mass is 16.6. The molecule has 1 heterocycles. The van der Waals surface area contributed by atoms with E-state index in [0.717, 1.165) is 19.3 Å². The third-order valence-corrected chi connectivity index (χ3v) is 5.80. The van der Waals surface area contributed by atoms with Crippen LogP contribution in [0.2, 0.25) is 0 Å². The molecule has 2 aromatic rings. The highest BCUT2D eigenvalue weighted by molar-refractivity contribution is 5.75. The molecule has 4 atom stereocenters. The monoisotopic (exact) mass is 356 g/mol. The van der Waals surface area contributed by atoms with Crippen molar-refractivity contribution in [2.45, 2.75) is 57.7 Å². The van der Waals surface area contributed by atoms with Gasteiger partial charge in [0.25, 0.3) is 0 Å². The first-order valence-corrected chi connectivity index (χ1v) is 9.37. The van der Waals surface area contributed by atoms with E-state index in [-0.39, 0.29) is 23.2 Å². The number of benzene rings is 1. The molecule has 4 nitrogen and oxygen atoms in total. The van der Waals surface area contributed by atoms with E-state index in [4.69, 9.17) is 9.15 Å². The smallest absolute Gasteiger partial charge is 0.343 e. The van der Waals surface area contributed by atoms with E-state index < -0.39 is 12.1 Å². The molecule has 1 aliphatic rings. The maximum atomic E-state index is 12.5. The van der Waals surface area contributed by atoms with Gasteiger partial charge in [0.15, 0.2) is 0 Å². The lowest BCUT2D eigenvalue weighted by Crippen LogP contribution is -2.44. The molecule has 26 heavy (non-hydrogen) atoms. The van der Waals surface area contributed by atoms with E-state index in [1.807, 2.05) is 18.2 Å². The Balaban J connectivity index is 1.79. The second kappa shape index (κ2) is 7.67. The van der Waals surface area contributed by atoms with E-state index in [0.29, 0.717) is 5.92 Å². The zero-order chi connectivity index (χ0) is 18.7. The average molecular weight is 356 g/mol. The second-order valence-electron chi connectivity index (χ2n) is 8.01. The van der Waals surface area contributed by atoms with Gasteiger partial charge in [-0.25, -0.2) is 4.79 Å². The van der Waals surface area contributed by atoms with Crippen molar-refractivity contribution in [3.8, 4) is 0 Å². The Morgan fingerprint density at radius 3 is 2.58 bits per heavy atom. The minimum atomic E-state index is -1.37. The summed E-state index contributed by atoms with van der Waals surface area (Å²) in [6.45, 7) is 6.62. The van der Waals surface area contributed by atoms with Crippen molar-refractivity contribution in [1.82, 2.24) is 0 Å². The van der Waals surface area contributed by atoms with Crippen LogP contribution in [0.3, 0.4) is 0 Å². The van der Waals surface area contributed by atoms with Crippen molar-refractivity contribution in [3.63, 3.8) is 0 Å². The largest absolute Gasteiger partial charge is 0.466 e. The molecule has 1 aromatic heterocycles. The summed E-state index contributed by atoms with van der Waals surface area (Å²) in [4.78, 5) is 12.5. The first kappa shape index (κ1) is 18.7. The number of carbonyl (C=O) groups is 1. The third kappa shape index (κ3) is 3.85. The van der Waals surface area contributed by atoms with Crippen molar-refractivity contribution in [2.75, 3.05) is 0 Å². The van der Waals surface area contributed by atoms with E-state index in [1.54, 1.807) is 12.1 Å². The highest BCUT2D eigenvalue weighted by Gasteiger charge is 2.42. The molecule has 1 fully saturated rings. The Kier molecular flexibility index (Phi) is 5.52. The predicted octanol–water partition coefficient (Wildman–Crippen LogP) is 4.64. The Morgan fingerprint density at radius 2 is 1.92 bits per heavy atom. The minimum absolute atomic E-state index is 0.123. The Labute approximate surface area is 155 Å². The number of hydrogen-bond acceptors (Lipinski definition) is 4. The fraction of sp³-hybridized carbons (Fsp3) is 0.500. The third-order valence-electron chi connectivity index (χ3n) is 5.80. The summed E-state index contributed by atoms with van der Waals surface area (Å²) in [6, 6.07) is 13.6. The SMILES string of the molecule is C[C@@H]1CC[C@@H](C(C)(C)c2ccccc2)[C@H](OC(=O)[C@H](O)c2ccco2)C1. The fourth-order valence-electron chi connectivity index (χ4n) is 4.14. The lowest BCUT2D eigenvalue weighted by Gasteiger charge is -2.44. The van der Waals surface area contributed by atoms with Crippen LogP contribution in [0.1, 0.15) is 57.5 Å². The maximum absolute atomic E-state index is 12.5. The molecule has 1 aromatic carbocycles. The quantitative estimate of drug-likeness (QED) is 0.793. The van der Waals surface area contributed by atoms with E-state index in [9.17, 15) is 9.90 Å². The molecule has 1 saturated carbocycles. The first-order valence-electron chi connectivity index (χ1n) is 9.37. The predicted molar refractivity (Wildman–Crippen MR) is 99.5 cm³/mol. The van der Waals surface area contributed by atoms with Crippen molar-refractivity contribution >= 4 is 5.97 Å². The highest BCUT2D eigenvalue weighted by Crippen LogP contribution is 2.43. The van der Waals surface area contributed by atoms with Gasteiger partial charge < -0.3 is 14.3 Å². The number of carbonyl (C=O) groups excluding carboxylic acids is 1. The van der Waals surface area contributed by atoms with E-state index >= 15 is 0 Å². The molecule has 0 unspecified atom stereocenters. The van der Waals surface area contributed by atoms with Crippen LogP contribution in [0.4, 0.5) is 0 Å². The molecular formula is C22H28O4. The molecule has 0 radical (unpaired) electrons. The van der Waals surface area contributed by atoms with Crippen LogP contribution in [0.15, 0.2) is 53.1 Å². The molecule has 1 N–H and O–H groups in total. The Morgan fingerprint density at radius 1 is 1.19 bits per heavy atom. The number of furan rings is 1. The summed E-state index contributed by atoms with van der Waals surface area (Å²) in [6.07, 6.45) is 2.79. The molecule has 4 heteroatoms. The standard InChI is InChI=1S/C22H28O4/c1-15-11-12-17(22(2,3)16-8-5-4-6-9-16)19(14-15)26-21(24)20(23)18-10-7-13-25-18/h4-10,13,15,17,19-20,23H,11-12,14H2,1-3H3/t15-,17-,19-,20-/m1/s1. The summed E-state index contributed by atoms with van der Waals surface area (Å²) in [5.74, 6) is 0.288. The van der Waals surface area contributed by atoms with Crippen molar-refractivity contribution in [1.29, 1.82) is 0 Å². The van der Waals surface area contributed by atoms with Gasteiger partial charge >= 0.3 is 5.97 Å². The van der Waals surface area contributed by atoms with Crippen LogP contribution >= 0.6 is 0 Å². The topological polar surface area (TPSA) is 59.7 Å². The number of aliphatic hydroxyl groups excluding tert-OH is 1. The molecule has 140 valence electrons. The average Bonchev–Trinajstić information content (AvgIpc) is 3.16. The Bertz CT molecular complexity index is 705. The van der Waals surface area contributed by atoms with Crippen LogP contribution in [-0.2, 0) is 14.9 Å². The van der Waals surface area contributed by atoms with Crippen LogP contribution in [0.25, 0.3) is 0 Å². The maximum Gasteiger partial charge on any atom is 0.343 e. The Hall–Kier alpha value is -2.07. The van der Waals surface area contributed by atoms with Gasteiger partial charge in [-0.1, -0.05) is 57.5 Å². The van der Waals surface area contributed by atoms with E-state index in [1.165, 1.54) is 11.8 Å². The van der Waals surface area contributed by atoms with Crippen LogP contribution in [-0.4, -0.2) is 17.2 Å². The van der Waals surface area contributed by atoms with Gasteiger partial charge in [-0.3, -0.25) is 0 Å². The fourth-order valence-corrected chi connectivity index (χ4v) is 4.14. The second-order valence-corrected chi connectivity index (χ2v) is 8.01. The summed E-state index contributed by atoms with van der Waals surface area (Å²) in [5.41, 5.74) is 1.12. The minimum Gasteiger partial charge on any atom is -0.466 e. The molecule has 0 aliphatic heterocycles. The van der Waals surface area contributed by atoms with Gasteiger partial charge in [-0.2, -0.15) is 0 Å². The van der Waals surface area contributed by atoms with Gasteiger partial charge in [-0.15, -0.1) is 0 Å². The molecule has 0 amide bonds. The van der Waals surface area contributed by atoms with E-state index in [2.05, 4.69) is 32.9 Å². The van der Waals surface area contributed by atoms with Crippen LogP contribution in [0.5, 0.6) is 0 Å². The van der Waals surface area contributed by atoms with Gasteiger partial charge in [0.2, 0.25) is 6.10 Å². The number of esters is 1. The van der Waals surface area contributed by atoms with Gasteiger partial charge in [-0.05, 0) is 41.9 Å². The molecule has 0 saturated heterocycles. The summed E-state index contributed by atoms with van der Waals surface area (Å²) in [5, 5.41) is 10.2.